The van der Waals surface area contributed by atoms with Crippen LogP contribution in [-0.4, -0.2) is 36.4 Å². The van der Waals surface area contributed by atoms with Gasteiger partial charge in [-0.15, -0.1) is 11.3 Å². The third-order valence-electron chi connectivity index (χ3n) is 4.92. The fourth-order valence-electron chi connectivity index (χ4n) is 3.57. The molecule has 0 saturated carbocycles. The second-order valence-electron chi connectivity index (χ2n) is 6.36. The van der Waals surface area contributed by atoms with E-state index in [0.717, 1.165) is 6.42 Å². The summed E-state index contributed by atoms with van der Waals surface area (Å²) in [5.74, 6) is 0.571. The van der Waals surface area contributed by atoms with Crippen molar-refractivity contribution in [2.75, 3.05) is 24.6 Å². The number of hydrogen-bond donors (Lipinski definition) is 0. The molecule has 2 aromatic rings. The molecule has 2 aliphatic heterocycles. The van der Waals surface area contributed by atoms with Crippen LogP contribution in [0.5, 0.6) is 5.75 Å². The number of ether oxygens (including phenoxy) is 1. The molecular weight excluding hydrogens is 336 g/mol. The van der Waals surface area contributed by atoms with E-state index in [-0.39, 0.29) is 30.8 Å². The van der Waals surface area contributed by atoms with E-state index in [1.807, 2.05) is 29.2 Å². The molecule has 0 aliphatic carbocycles. The number of fused-ring (bicyclic) bond motifs is 2. The predicted octanol–water partition coefficient (Wildman–Crippen LogP) is 3.01. The van der Waals surface area contributed by atoms with Crippen LogP contribution in [0.4, 0.5) is 5.69 Å². The van der Waals surface area contributed by atoms with Gasteiger partial charge in [0.1, 0.15) is 12.3 Å². The molecule has 0 bridgehead atoms. The average molecular weight is 356 g/mol. The molecule has 3 heterocycles. The summed E-state index contributed by atoms with van der Waals surface area (Å²) in [5.41, 5.74) is 1.91. The highest BCUT2D eigenvalue weighted by Crippen LogP contribution is 2.34. The first kappa shape index (κ1) is 16.1. The third kappa shape index (κ3) is 2.91. The highest BCUT2D eigenvalue weighted by atomic mass is 32.1. The highest BCUT2D eigenvalue weighted by molar-refractivity contribution is 7.10. The summed E-state index contributed by atoms with van der Waals surface area (Å²) in [6.07, 6.45) is 1.17. The fraction of sp³-hybridized carbons (Fsp3) is 0.368. The number of thiophene rings is 1. The van der Waals surface area contributed by atoms with Gasteiger partial charge >= 0.3 is 0 Å². The first-order chi connectivity index (χ1) is 12.1. The van der Waals surface area contributed by atoms with E-state index in [0.29, 0.717) is 24.6 Å². The van der Waals surface area contributed by atoms with Gasteiger partial charge in [0.25, 0.3) is 0 Å². The summed E-state index contributed by atoms with van der Waals surface area (Å²) in [6.45, 7) is 3.17. The van der Waals surface area contributed by atoms with Crippen molar-refractivity contribution in [3.8, 4) is 5.75 Å². The van der Waals surface area contributed by atoms with Crippen molar-refractivity contribution in [3.05, 3.63) is 46.2 Å². The van der Waals surface area contributed by atoms with Gasteiger partial charge in [0, 0.05) is 11.4 Å². The van der Waals surface area contributed by atoms with Crippen LogP contribution < -0.4 is 9.64 Å². The molecule has 1 aromatic carbocycles. The van der Waals surface area contributed by atoms with E-state index < -0.39 is 0 Å². The zero-order chi connectivity index (χ0) is 17.4. The Labute approximate surface area is 150 Å². The number of carbonyl (C=O) groups is 2. The molecule has 130 valence electrons. The van der Waals surface area contributed by atoms with E-state index in [9.17, 15) is 9.59 Å². The predicted molar refractivity (Wildman–Crippen MR) is 97.1 cm³/mol. The molecule has 0 radical (unpaired) electrons. The number of carbonyl (C=O) groups excluding carboxylic acids is 2. The molecule has 1 unspecified atom stereocenters. The van der Waals surface area contributed by atoms with Crippen molar-refractivity contribution in [1.82, 2.24) is 4.90 Å². The maximum absolute atomic E-state index is 13.0. The summed E-state index contributed by atoms with van der Waals surface area (Å²) in [7, 11) is 0. The van der Waals surface area contributed by atoms with Gasteiger partial charge in [-0.2, -0.15) is 0 Å². The first-order valence-corrected chi connectivity index (χ1v) is 9.41. The second-order valence-corrected chi connectivity index (χ2v) is 7.36. The lowest BCUT2D eigenvalue weighted by Crippen LogP contribution is -2.45. The number of para-hydroxylation sites is 2. The van der Waals surface area contributed by atoms with Gasteiger partial charge in [0.2, 0.25) is 11.8 Å². The van der Waals surface area contributed by atoms with Gasteiger partial charge in [-0.3, -0.25) is 14.5 Å². The van der Waals surface area contributed by atoms with Gasteiger partial charge in [0.05, 0.1) is 24.8 Å². The summed E-state index contributed by atoms with van der Waals surface area (Å²) in [4.78, 5) is 30.3. The van der Waals surface area contributed by atoms with Crippen LogP contribution in [-0.2, 0) is 16.0 Å². The second kappa shape index (κ2) is 6.52. The Morgan fingerprint density at radius 2 is 2.12 bits per heavy atom. The molecule has 25 heavy (non-hydrogen) atoms. The summed E-state index contributed by atoms with van der Waals surface area (Å²) in [6, 6.07) is 9.56. The molecule has 1 aromatic heterocycles. The fourth-order valence-corrected chi connectivity index (χ4v) is 4.53. The number of anilines is 1. The van der Waals surface area contributed by atoms with Gasteiger partial charge in [-0.25, -0.2) is 0 Å². The van der Waals surface area contributed by atoms with Crippen LogP contribution in [0.25, 0.3) is 0 Å². The topological polar surface area (TPSA) is 49.9 Å². The lowest BCUT2D eigenvalue weighted by atomic mass is 10.0. The molecular formula is C19H20N2O3S. The van der Waals surface area contributed by atoms with Crippen molar-refractivity contribution in [3.63, 3.8) is 0 Å². The van der Waals surface area contributed by atoms with Gasteiger partial charge in [-0.1, -0.05) is 12.1 Å². The van der Waals surface area contributed by atoms with Crippen LogP contribution in [0.3, 0.4) is 0 Å². The number of rotatable bonds is 2. The molecule has 0 saturated heterocycles. The summed E-state index contributed by atoms with van der Waals surface area (Å²) >= 11 is 1.75. The summed E-state index contributed by atoms with van der Waals surface area (Å²) < 4.78 is 5.65. The summed E-state index contributed by atoms with van der Waals surface area (Å²) in [5, 5.41) is 2.08. The van der Waals surface area contributed by atoms with E-state index in [1.165, 1.54) is 10.4 Å². The zero-order valence-electron chi connectivity index (χ0n) is 14.1. The van der Waals surface area contributed by atoms with Gasteiger partial charge in [0.15, 0.2) is 0 Å². The monoisotopic (exact) mass is 356 g/mol. The molecule has 2 aliphatic rings. The lowest BCUT2D eigenvalue weighted by molar-refractivity contribution is -0.133. The van der Waals surface area contributed by atoms with Crippen molar-refractivity contribution >= 4 is 28.8 Å². The van der Waals surface area contributed by atoms with Crippen LogP contribution in [0, 0.1) is 0 Å². The molecule has 0 N–H and O–H groups in total. The van der Waals surface area contributed by atoms with Crippen molar-refractivity contribution in [1.29, 1.82) is 0 Å². The number of amides is 2. The van der Waals surface area contributed by atoms with E-state index in [4.69, 9.17) is 4.74 Å². The van der Waals surface area contributed by atoms with E-state index >= 15 is 0 Å². The van der Waals surface area contributed by atoms with Gasteiger partial charge < -0.3 is 9.64 Å². The first-order valence-electron chi connectivity index (χ1n) is 8.53. The molecule has 5 nitrogen and oxygen atoms in total. The minimum Gasteiger partial charge on any atom is -0.491 e. The number of benzene rings is 1. The lowest BCUT2D eigenvalue weighted by Gasteiger charge is -2.35. The average Bonchev–Trinajstić information content (AvgIpc) is 3.04. The molecule has 6 heteroatoms. The van der Waals surface area contributed by atoms with Crippen molar-refractivity contribution in [2.45, 2.75) is 25.8 Å². The van der Waals surface area contributed by atoms with Crippen molar-refractivity contribution < 1.29 is 14.3 Å². The Hall–Kier alpha value is -2.34. The standard InChI is InChI=1S/C19H20N2O3S/c1-13-14-8-11-25-17(14)6-9-20(13)19(23)12-21-15-4-2-3-5-16(15)24-10-7-18(21)22/h2-5,8,11,13H,6-7,9-10,12H2,1H3. The molecule has 0 spiro atoms. The van der Waals surface area contributed by atoms with Crippen LogP contribution in [0.15, 0.2) is 35.7 Å². The minimum atomic E-state index is -0.0702. The quantitative estimate of drug-likeness (QED) is 0.831. The van der Waals surface area contributed by atoms with E-state index in [2.05, 4.69) is 18.4 Å². The molecule has 4 rings (SSSR count). The van der Waals surface area contributed by atoms with Crippen molar-refractivity contribution in [2.24, 2.45) is 0 Å². The Kier molecular flexibility index (Phi) is 4.21. The molecule has 2 amide bonds. The SMILES string of the molecule is CC1c2ccsc2CCN1C(=O)CN1C(=O)CCOc2ccccc21. The Morgan fingerprint density at radius 1 is 1.28 bits per heavy atom. The zero-order valence-corrected chi connectivity index (χ0v) is 14.9. The van der Waals surface area contributed by atoms with Crippen LogP contribution in [0.2, 0.25) is 0 Å². The smallest absolute Gasteiger partial charge is 0.243 e. The normalized spacial score (nSPS) is 19.7. The maximum atomic E-state index is 13.0. The molecule has 1 atom stereocenters. The Balaban J connectivity index is 1.57. The molecule has 0 fully saturated rings. The van der Waals surface area contributed by atoms with Crippen LogP contribution >= 0.6 is 11.3 Å². The van der Waals surface area contributed by atoms with Crippen LogP contribution in [0.1, 0.15) is 29.8 Å². The maximum Gasteiger partial charge on any atom is 0.243 e. The van der Waals surface area contributed by atoms with E-state index in [1.54, 1.807) is 16.2 Å². The number of hydrogen-bond acceptors (Lipinski definition) is 4. The number of nitrogens with zero attached hydrogens (tertiary/aromatic N) is 2. The minimum absolute atomic E-state index is 0.0191. The Morgan fingerprint density at radius 3 is 3.00 bits per heavy atom. The largest absolute Gasteiger partial charge is 0.491 e. The highest BCUT2D eigenvalue weighted by Gasteiger charge is 2.32. The Bertz CT molecular complexity index is 817. The third-order valence-corrected chi connectivity index (χ3v) is 5.92. The van der Waals surface area contributed by atoms with Gasteiger partial charge in [-0.05, 0) is 42.5 Å².